The summed E-state index contributed by atoms with van der Waals surface area (Å²) < 4.78 is 12.7. The fraction of sp³-hybridized carbons (Fsp3) is 0.0725. The van der Waals surface area contributed by atoms with Gasteiger partial charge < -0.3 is 18.4 Å². The van der Waals surface area contributed by atoms with E-state index in [2.05, 4.69) is 535 Å². The Labute approximate surface area is 827 Å². The Bertz CT molecular complexity index is 9550. The van der Waals surface area contributed by atoms with Crippen molar-refractivity contribution in [1.82, 2.24) is 13.7 Å². The second-order valence-corrected chi connectivity index (χ2v) is 40.1. The number of hydrogen-bond donors (Lipinski definition) is 0. The number of aromatic nitrogens is 3. The number of fused-ring (bicyclic) bond motifs is 17. The minimum absolute atomic E-state index is 0.0432. The predicted molar refractivity (Wildman–Crippen MR) is 609 cm³/mol. The molecule has 3 aromatic heterocycles. The summed E-state index contributed by atoms with van der Waals surface area (Å²) in [6.45, 7) is 16.0. The monoisotopic (exact) mass is 1820 g/mol. The predicted octanol–water partition coefficient (Wildman–Crippen LogP) is 38.2. The van der Waals surface area contributed by atoms with Gasteiger partial charge in [0.1, 0.15) is 5.75 Å². The van der Waals surface area contributed by atoms with E-state index in [4.69, 9.17) is 4.74 Å². The lowest BCUT2D eigenvalue weighted by molar-refractivity contribution is 0.415. The van der Waals surface area contributed by atoms with E-state index in [0.717, 1.165) is 5.75 Å². The molecule has 0 fully saturated rings. The van der Waals surface area contributed by atoms with Gasteiger partial charge in [0.25, 0.3) is 0 Å². The van der Waals surface area contributed by atoms with Crippen LogP contribution in [0, 0.1) is 6.92 Å². The molecule has 676 valence electrons. The molecule has 0 N–H and O–H groups in total. The highest BCUT2D eigenvalue weighted by molar-refractivity contribution is 6.26. The Hall–Kier alpha value is -17.4. The third-order valence-electron chi connectivity index (χ3n) is 29.6. The van der Waals surface area contributed by atoms with Crippen LogP contribution in [-0.4, -0.2) is 20.8 Å². The van der Waals surface area contributed by atoms with Gasteiger partial charge in [0, 0.05) is 49.4 Å². The molecule has 0 unspecified atom stereocenters. The third-order valence-corrected chi connectivity index (χ3v) is 29.6. The number of nitrogens with zero attached hydrogens (tertiary/aromatic N) is 3. The van der Waals surface area contributed by atoms with Crippen LogP contribution in [0.3, 0.4) is 0 Å². The van der Waals surface area contributed by atoms with E-state index >= 15 is 0 Å². The number of methoxy groups -OCH3 is 1. The highest BCUT2D eigenvalue weighted by Gasteiger charge is 2.27. The van der Waals surface area contributed by atoms with Crippen molar-refractivity contribution in [2.75, 3.05) is 7.11 Å². The van der Waals surface area contributed by atoms with E-state index in [9.17, 15) is 0 Å². The number of hydrogen-bond acceptors (Lipinski definition) is 1. The maximum Gasteiger partial charge on any atom is 0.119 e. The minimum atomic E-state index is 0.0432. The Morgan fingerprint density at radius 1 is 0.169 bits per heavy atom. The summed E-state index contributed by atoms with van der Waals surface area (Å²) in [6.07, 6.45) is 0. The van der Waals surface area contributed by atoms with Crippen molar-refractivity contribution in [2.45, 2.75) is 59.3 Å². The number of benzene rings is 24. The van der Waals surface area contributed by atoms with Crippen LogP contribution in [0.5, 0.6) is 5.75 Å². The molecule has 0 aliphatic heterocycles. The molecule has 0 atom stereocenters. The lowest BCUT2D eigenvalue weighted by Gasteiger charge is -2.23. The highest BCUT2D eigenvalue weighted by Crippen LogP contribution is 2.51. The van der Waals surface area contributed by atoms with Gasteiger partial charge >= 0.3 is 0 Å². The molecule has 24 aromatic carbocycles. The third kappa shape index (κ3) is 14.9. The summed E-state index contributed by atoms with van der Waals surface area (Å²) in [6, 6.07) is 176. The summed E-state index contributed by atoms with van der Waals surface area (Å²) in [5.74, 6) is 0.871. The molecule has 4 heteroatoms. The number of rotatable bonds is 11. The van der Waals surface area contributed by atoms with E-state index in [-0.39, 0.29) is 10.8 Å². The van der Waals surface area contributed by atoms with Crippen LogP contribution in [0.4, 0.5) is 0 Å². The first-order valence-electron chi connectivity index (χ1n) is 49.5. The van der Waals surface area contributed by atoms with E-state index in [1.54, 1.807) is 7.11 Å². The van der Waals surface area contributed by atoms with Gasteiger partial charge in [0.15, 0.2) is 0 Å². The van der Waals surface area contributed by atoms with Crippen LogP contribution >= 0.6 is 0 Å². The molecule has 0 spiro atoms. The number of aryl methyl sites for hydroxylation is 1. The van der Waals surface area contributed by atoms with Crippen molar-refractivity contribution < 1.29 is 4.74 Å². The summed E-state index contributed by atoms with van der Waals surface area (Å²) in [4.78, 5) is 0. The summed E-state index contributed by atoms with van der Waals surface area (Å²) in [5, 5.41) is 27.8. The van der Waals surface area contributed by atoms with Crippen molar-refractivity contribution in [2.24, 2.45) is 0 Å². The largest absolute Gasteiger partial charge is 0.497 e. The zero-order chi connectivity index (χ0) is 95.6. The molecule has 27 aromatic rings. The number of ether oxygens (including phenoxy) is 1. The van der Waals surface area contributed by atoms with Crippen molar-refractivity contribution in [3.05, 3.63) is 496 Å². The molecular formula is C138H103N3O. The Morgan fingerprint density at radius 2 is 0.451 bits per heavy atom. The molecule has 0 bridgehead atoms. The van der Waals surface area contributed by atoms with Gasteiger partial charge in [-0.3, -0.25) is 0 Å². The van der Waals surface area contributed by atoms with Crippen molar-refractivity contribution in [3.8, 4) is 101 Å². The molecule has 27 rings (SSSR count). The Kier molecular flexibility index (Phi) is 21.2. The molecule has 0 aliphatic rings. The first kappa shape index (κ1) is 86.2. The summed E-state index contributed by atoms with van der Waals surface area (Å²) in [5.41, 5.74) is 32.4. The fourth-order valence-electron chi connectivity index (χ4n) is 22.7. The van der Waals surface area contributed by atoms with Gasteiger partial charge in [0.05, 0.1) is 40.2 Å². The summed E-state index contributed by atoms with van der Waals surface area (Å²) >= 11 is 0. The maximum absolute atomic E-state index is 5.51. The Balaban J connectivity index is 0.000000113. The molecular weight excluding hydrogens is 1720 g/mol. The van der Waals surface area contributed by atoms with Crippen molar-refractivity contribution >= 4 is 152 Å². The molecule has 0 saturated heterocycles. The molecule has 0 radical (unpaired) electrons. The highest BCUT2D eigenvalue weighted by atomic mass is 16.5. The average molecular weight is 1820 g/mol. The Morgan fingerprint density at radius 3 is 0.887 bits per heavy atom. The lowest BCUT2D eigenvalue weighted by Crippen LogP contribution is -2.10. The van der Waals surface area contributed by atoms with Crippen LogP contribution in [0.1, 0.15) is 58.2 Å². The zero-order valence-electron chi connectivity index (χ0n) is 80.9. The molecule has 3 heterocycles. The second-order valence-electron chi connectivity index (χ2n) is 40.1. The van der Waals surface area contributed by atoms with Crippen molar-refractivity contribution in [1.29, 1.82) is 0 Å². The lowest BCUT2D eigenvalue weighted by atomic mass is 9.81. The van der Waals surface area contributed by atoms with Crippen LogP contribution in [0.2, 0.25) is 0 Å². The number of para-hydroxylation sites is 5. The topological polar surface area (TPSA) is 24.0 Å². The normalized spacial score (nSPS) is 11.9. The van der Waals surface area contributed by atoms with Gasteiger partial charge in [-0.05, 0) is 308 Å². The smallest absolute Gasteiger partial charge is 0.119 e. The first-order chi connectivity index (χ1) is 69.6. The van der Waals surface area contributed by atoms with E-state index < -0.39 is 0 Å². The van der Waals surface area contributed by atoms with E-state index in [1.165, 1.54) is 263 Å². The van der Waals surface area contributed by atoms with Crippen LogP contribution < -0.4 is 4.74 Å². The van der Waals surface area contributed by atoms with Crippen LogP contribution in [0.25, 0.3) is 247 Å². The fourth-order valence-corrected chi connectivity index (χ4v) is 22.7. The van der Waals surface area contributed by atoms with E-state index in [0.29, 0.717) is 0 Å². The molecule has 4 nitrogen and oxygen atoms in total. The van der Waals surface area contributed by atoms with E-state index in [1.807, 2.05) is 6.07 Å². The van der Waals surface area contributed by atoms with Gasteiger partial charge in [0.2, 0.25) is 0 Å². The van der Waals surface area contributed by atoms with Gasteiger partial charge in [-0.15, -0.1) is 0 Å². The minimum Gasteiger partial charge on any atom is -0.497 e. The van der Waals surface area contributed by atoms with Crippen LogP contribution in [-0.2, 0) is 10.8 Å². The van der Waals surface area contributed by atoms with Gasteiger partial charge in [-0.2, -0.15) is 0 Å². The zero-order valence-corrected chi connectivity index (χ0v) is 80.9. The van der Waals surface area contributed by atoms with Crippen molar-refractivity contribution in [3.63, 3.8) is 0 Å². The summed E-state index contributed by atoms with van der Waals surface area (Å²) in [7, 11) is 1.72. The molecule has 0 amide bonds. The first-order valence-corrected chi connectivity index (χ1v) is 49.5. The SMILES string of the molecule is CC(C)(C)c1ccc2c(-c3ccccc3)c3ccccc3c(-c3ccc(-n4c5ccccc5c5ccccc54)cc3)c2c1.COc1ccc2cc(-c3c4ccccc4c(-c4cccc(-c5ccc6c(c5)c5ccccc5n6-c5ccc6ccccc6c5)c4)c4ccccc34)ccc2c1.Cc1ccc(-c2c3ccccc3c(-c3ccc(-n4c5ccccc5c5ccccc54)cc3)c3cc(C(C)(C)C)ccc23)cc1. The average Bonchev–Trinajstić information content (AvgIpc) is 0.954. The van der Waals surface area contributed by atoms with Gasteiger partial charge in [-0.1, -0.05) is 411 Å². The second kappa shape index (κ2) is 34.9. The molecule has 0 aliphatic carbocycles. The molecule has 0 saturated carbocycles. The van der Waals surface area contributed by atoms with Crippen LogP contribution in [0.15, 0.2) is 479 Å². The molecule has 142 heavy (non-hydrogen) atoms. The van der Waals surface area contributed by atoms with Gasteiger partial charge in [-0.25, -0.2) is 0 Å². The quantitative estimate of drug-likeness (QED) is 0.118. The maximum atomic E-state index is 5.51. The standard InChI is InChI=1S/C53H35NO.C43H35N.C42H33N/c1-55-43-27-24-37-30-41(22-21-38(37)32-43)53-47-18-6-4-16-45(47)52(46-17-5-7-19-48(46)53)40-14-10-13-35(29-40)39-25-28-51-49(33-39)44-15-8-9-20-50(44)54(51)42-26-23-34-11-2-3-12-36(34)31-42;1-28-17-19-29(20-18-28)41-35-13-5-6-14-36(35)42(38-27-31(43(2,3)4)23-26-37(38)41)30-21-24-32(25-22-30)44-39-15-9-7-11-33(39)34-12-8-10-16-40(34)44;1-42(2,3)30-23-26-36-37(27-30)41(35-18-8-7-17-34(35)40(36)28-13-5-4-6-14-28)29-21-24-31(25-22-29)43-38-19-11-9-15-32(38)33-16-10-12-20-39(33)43/h2-33H,1H3;5-27H,1-4H3;4-27H,1-3H3.